The average Bonchev–Trinajstić information content (AvgIpc) is 2.21. The van der Waals surface area contributed by atoms with Crippen LogP contribution in [0.5, 0.6) is 0 Å². The van der Waals surface area contributed by atoms with Crippen molar-refractivity contribution in [2.75, 3.05) is 11.9 Å². The highest BCUT2D eigenvalue weighted by Gasteiger charge is 2.14. The molecule has 0 bridgehead atoms. The number of carbonyl (C=O) groups is 1. The van der Waals surface area contributed by atoms with Gasteiger partial charge in [-0.05, 0) is 18.6 Å². The Balaban J connectivity index is 2.57. The van der Waals surface area contributed by atoms with Crippen molar-refractivity contribution >= 4 is 11.7 Å². The molecule has 0 aliphatic rings. The van der Waals surface area contributed by atoms with E-state index < -0.39 is 0 Å². The van der Waals surface area contributed by atoms with E-state index in [-0.39, 0.29) is 11.8 Å². The summed E-state index contributed by atoms with van der Waals surface area (Å²) in [6, 6.07) is 5.38. The van der Waals surface area contributed by atoms with E-state index >= 15 is 0 Å². The lowest BCUT2D eigenvalue weighted by atomic mass is 10.1. The van der Waals surface area contributed by atoms with E-state index in [1.165, 1.54) is 0 Å². The van der Waals surface area contributed by atoms with Gasteiger partial charge in [-0.1, -0.05) is 13.0 Å². The van der Waals surface area contributed by atoms with Crippen LogP contribution < -0.4 is 11.1 Å². The first-order chi connectivity index (χ1) is 6.77. The van der Waals surface area contributed by atoms with Gasteiger partial charge in [0.1, 0.15) is 5.82 Å². The van der Waals surface area contributed by atoms with Crippen molar-refractivity contribution in [1.29, 1.82) is 0 Å². The van der Waals surface area contributed by atoms with Crippen molar-refractivity contribution in [3.8, 4) is 0 Å². The van der Waals surface area contributed by atoms with Crippen LogP contribution in [0, 0.1) is 5.92 Å². The first-order valence-electron chi connectivity index (χ1n) is 4.70. The number of rotatable bonds is 4. The molecular formula is C10H15N3O. The average molecular weight is 193 g/mol. The molecule has 76 valence electrons. The van der Waals surface area contributed by atoms with Gasteiger partial charge in [0.2, 0.25) is 5.91 Å². The number of anilines is 1. The summed E-state index contributed by atoms with van der Waals surface area (Å²) in [5.41, 5.74) is 5.46. The fourth-order valence-corrected chi connectivity index (χ4v) is 1.12. The molecule has 14 heavy (non-hydrogen) atoms. The first kappa shape index (κ1) is 10.7. The Labute approximate surface area is 83.5 Å². The van der Waals surface area contributed by atoms with Crippen LogP contribution in [0.25, 0.3) is 0 Å². The predicted molar refractivity (Wildman–Crippen MR) is 55.7 cm³/mol. The monoisotopic (exact) mass is 193 g/mol. The second-order valence-electron chi connectivity index (χ2n) is 3.05. The number of aromatic nitrogens is 1. The maximum Gasteiger partial charge on any atom is 0.229 e. The van der Waals surface area contributed by atoms with Crippen LogP contribution in [-0.2, 0) is 4.79 Å². The van der Waals surface area contributed by atoms with Crippen LogP contribution in [0.2, 0.25) is 0 Å². The molecule has 0 radical (unpaired) electrons. The summed E-state index contributed by atoms with van der Waals surface area (Å²) in [7, 11) is 0. The van der Waals surface area contributed by atoms with Gasteiger partial charge in [-0.2, -0.15) is 0 Å². The number of hydrogen-bond acceptors (Lipinski definition) is 3. The number of nitrogens with one attached hydrogen (secondary N) is 1. The van der Waals surface area contributed by atoms with Gasteiger partial charge in [0, 0.05) is 12.7 Å². The van der Waals surface area contributed by atoms with Crippen molar-refractivity contribution in [3.63, 3.8) is 0 Å². The lowest BCUT2D eigenvalue weighted by Gasteiger charge is -2.11. The lowest BCUT2D eigenvalue weighted by Crippen LogP contribution is -2.28. The Bertz CT molecular complexity index is 283. The number of nitrogens with two attached hydrogens (primary N) is 1. The number of nitrogens with zero attached hydrogens (tertiary/aromatic N) is 1. The molecule has 0 spiro atoms. The highest BCUT2D eigenvalue weighted by molar-refractivity contribution is 5.91. The van der Waals surface area contributed by atoms with Gasteiger partial charge in [0.05, 0.1) is 5.92 Å². The second-order valence-corrected chi connectivity index (χ2v) is 3.05. The van der Waals surface area contributed by atoms with Gasteiger partial charge in [-0.3, -0.25) is 4.79 Å². The molecule has 0 aromatic carbocycles. The number of hydrogen-bond donors (Lipinski definition) is 2. The molecule has 0 saturated carbocycles. The molecule has 1 aromatic heterocycles. The zero-order valence-corrected chi connectivity index (χ0v) is 8.23. The van der Waals surface area contributed by atoms with Gasteiger partial charge >= 0.3 is 0 Å². The zero-order chi connectivity index (χ0) is 10.4. The molecule has 1 aromatic rings. The fourth-order valence-electron chi connectivity index (χ4n) is 1.12. The minimum Gasteiger partial charge on any atom is -0.330 e. The first-order valence-corrected chi connectivity index (χ1v) is 4.70. The molecule has 1 rings (SSSR count). The van der Waals surface area contributed by atoms with Crippen LogP contribution in [0.15, 0.2) is 24.4 Å². The van der Waals surface area contributed by atoms with E-state index in [4.69, 9.17) is 5.73 Å². The third kappa shape index (κ3) is 2.81. The summed E-state index contributed by atoms with van der Waals surface area (Å²) in [6.07, 6.45) is 2.38. The molecule has 0 aliphatic carbocycles. The molecule has 1 amide bonds. The molecule has 0 fully saturated rings. The highest BCUT2D eigenvalue weighted by Crippen LogP contribution is 2.06. The zero-order valence-electron chi connectivity index (χ0n) is 8.23. The molecule has 3 N–H and O–H groups in total. The summed E-state index contributed by atoms with van der Waals surface area (Å²) >= 11 is 0. The van der Waals surface area contributed by atoms with E-state index in [0.717, 1.165) is 6.42 Å². The van der Waals surface area contributed by atoms with Gasteiger partial charge in [-0.15, -0.1) is 0 Å². The van der Waals surface area contributed by atoms with Gasteiger partial charge in [0.25, 0.3) is 0 Å². The maximum absolute atomic E-state index is 11.5. The summed E-state index contributed by atoms with van der Waals surface area (Å²) in [6.45, 7) is 2.31. The fraction of sp³-hybridized carbons (Fsp3) is 0.400. The summed E-state index contributed by atoms with van der Waals surface area (Å²) in [5, 5.41) is 2.71. The maximum atomic E-state index is 11.5. The van der Waals surface area contributed by atoms with Crippen LogP contribution in [0.4, 0.5) is 5.82 Å². The Hall–Kier alpha value is -1.42. The standard InChI is InChI=1S/C10H15N3O/c1-2-8(7-11)10(14)13-9-5-3-4-6-12-9/h3-6,8H,2,7,11H2,1H3,(H,12,13,14). The third-order valence-electron chi connectivity index (χ3n) is 2.06. The largest absolute Gasteiger partial charge is 0.330 e. The van der Waals surface area contributed by atoms with Gasteiger partial charge < -0.3 is 11.1 Å². The highest BCUT2D eigenvalue weighted by atomic mass is 16.1. The van der Waals surface area contributed by atoms with Crippen molar-refractivity contribution in [2.45, 2.75) is 13.3 Å². The summed E-state index contributed by atoms with van der Waals surface area (Å²) in [5.74, 6) is 0.384. The Morgan fingerprint density at radius 3 is 2.93 bits per heavy atom. The van der Waals surface area contributed by atoms with E-state index in [1.54, 1.807) is 18.3 Å². The van der Waals surface area contributed by atoms with Crippen molar-refractivity contribution in [3.05, 3.63) is 24.4 Å². The minimum atomic E-state index is -0.128. The number of pyridine rings is 1. The minimum absolute atomic E-state index is 0.0614. The van der Waals surface area contributed by atoms with E-state index in [2.05, 4.69) is 10.3 Å². The normalized spacial score (nSPS) is 12.1. The topological polar surface area (TPSA) is 68.0 Å². The van der Waals surface area contributed by atoms with Crippen LogP contribution in [0.1, 0.15) is 13.3 Å². The second kappa shape index (κ2) is 5.34. The van der Waals surface area contributed by atoms with Crippen LogP contribution in [0.3, 0.4) is 0 Å². The molecular weight excluding hydrogens is 178 g/mol. The number of carbonyl (C=O) groups excluding carboxylic acids is 1. The van der Waals surface area contributed by atoms with E-state index in [0.29, 0.717) is 12.4 Å². The van der Waals surface area contributed by atoms with E-state index in [9.17, 15) is 4.79 Å². The van der Waals surface area contributed by atoms with Crippen molar-refractivity contribution < 1.29 is 4.79 Å². The molecule has 1 atom stereocenters. The number of amides is 1. The van der Waals surface area contributed by atoms with E-state index in [1.807, 2.05) is 13.0 Å². The summed E-state index contributed by atoms with van der Waals surface area (Å²) in [4.78, 5) is 15.5. The lowest BCUT2D eigenvalue weighted by molar-refractivity contribution is -0.119. The smallest absolute Gasteiger partial charge is 0.229 e. The Kier molecular flexibility index (Phi) is 4.07. The van der Waals surface area contributed by atoms with Gasteiger partial charge in [0.15, 0.2) is 0 Å². The summed E-state index contributed by atoms with van der Waals surface area (Å²) < 4.78 is 0. The Morgan fingerprint density at radius 2 is 2.43 bits per heavy atom. The van der Waals surface area contributed by atoms with Crippen molar-refractivity contribution in [1.82, 2.24) is 4.98 Å². The third-order valence-corrected chi connectivity index (χ3v) is 2.06. The van der Waals surface area contributed by atoms with Crippen LogP contribution in [-0.4, -0.2) is 17.4 Å². The van der Waals surface area contributed by atoms with Crippen molar-refractivity contribution in [2.24, 2.45) is 11.7 Å². The molecule has 0 aliphatic heterocycles. The quantitative estimate of drug-likeness (QED) is 0.749. The molecule has 4 nitrogen and oxygen atoms in total. The SMILES string of the molecule is CCC(CN)C(=O)Nc1ccccn1. The Morgan fingerprint density at radius 1 is 1.64 bits per heavy atom. The molecule has 1 heterocycles. The molecule has 0 saturated heterocycles. The molecule has 1 unspecified atom stereocenters. The van der Waals surface area contributed by atoms with Gasteiger partial charge in [-0.25, -0.2) is 4.98 Å². The molecule has 4 heteroatoms. The predicted octanol–water partition coefficient (Wildman–Crippen LogP) is 1.00. The van der Waals surface area contributed by atoms with Crippen LogP contribution >= 0.6 is 0 Å².